The molecule has 110 valence electrons. The normalized spacial score (nSPS) is 15.6. The molecule has 1 fully saturated rings. The average molecular weight is 276 g/mol. The minimum Gasteiger partial charge on any atom is -0.395 e. The van der Waals surface area contributed by atoms with Crippen LogP contribution in [0.2, 0.25) is 0 Å². The largest absolute Gasteiger partial charge is 0.395 e. The number of amidine groups is 1. The van der Waals surface area contributed by atoms with Crippen LogP contribution in [0.1, 0.15) is 42.5 Å². The molecule has 20 heavy (non-hydrogen) atoms. The number of nitrogens with one attached hydrogen (secondary N) is 1. The molecule has 1 aromatic rings. The lowest BCUT2D eigenvalue weighted by atomic mass is 10.1. The number of nitrogens with two attached hydrogens (primary N) is 1. The molecule has 1 aliphatic rings. The van der Waals surface area contributed by atoms with E-state index in [-0.39, 0.29) is 12.4 Å². The summed E-state index contributed by atoms with van der Waals surface area (Å²) in [6.45, 7) is 4.54. The first-order valence-corrected chi connectivity index (χ1v) is 7.24. The van der Waals surface area contributed by atoms with E-state index in [1.54, 1.807) is 0 Å². The highest BCUT2D eigenvalue weighted by atomic mass is 16.3. The van der Waals surface area contributed by atoms with Gasteiger partial charge in [0, 0.05) is 18.3 Å². The summed E-state index contributed by atoms with van der Waals surface area (Å²) in [4.78, 5) is 6.76. The van der Waals surface area contributed by atoms with Gasteiger partial charge in [0.25, 0.3) is 0 Å². The molecule has 5 nitrogen and oxygen atoms in total. The number of pyridine rings is 1. The molecule has 0 bridgehead atoms. The highest BCUT2D eigenvalue weighted by molar-refractivity contribution is 6.01. The van der Waals surface area contributed by atoms with Gasteiger partial charge in [0.05, 0.1) is 12.2 Å². The fourth-order valence-electron chi connectivity index (χ4n) is 3.14. The summed E-state index contributed by atoms with van der Waals surface area (Å²) in [6.07, 6.45) is 4.66. The zero-order valence-corrected chi connectivity index (χ0v) is 12.3. The van der Waals surface area contributed by atoms with E-state index in [1.165, 1.54) is 12.8 Å². The predicted molar refractivity (Wildman–Crippen MR) is 81.4 cm³/mol. The Morgan fingerprint density at radius 3 is 2.65 bits per heavy atom. The highest BCUT2D eigenvalue weighted by Crippen LogP contribution is 2.30. The van der Waals surface area contributed by atoms with E-state index in [0.29, 0.717) is 18.2 Å². The Morgan fingerprint density at radius 1 is 1.45 bits per heavy atom. The van der Waals surface area contributed by atoms with Crippen molar-refractivity contribution in [2.24, 2.45) is 5.73 Å². The number of aliphatic hydroxyl groups is 1. The van der Waals surface area contributed by atoms with Gasteiger partial charge >= 0.3 is 0 Å². The van der Waals surface area contributed by atoms with Crippen molar-refractivity contribution in [2.75, 3.05) is 18.1 Å². The summed E-state index contributed by atoms with van der Waals surface area (Å²) < 4.78 is 0. The Labute approximate surface area is 120 Å². The number of nitrogen functional groups attached to an aromatic ring is 1. The van der Waals surface area contributed by atoms with E-state index in [4.69, 9.17) is 11.1 Å². The summed E-state index contributed by atoms with van der Waals surface area (Å²) in [6, 6.07) is 2.35. The molecule has 1 heterocycles. The van der Waals surface area contributed by atoms with Gasteiger partial charge in [0.15, 0.2) is 0 Å². The molecule has 0 aromatic carbocycles. The maximum Gasteiger partial charge on any atom is 0.140 e. The molecule has 4 N–H and O–H groups in total. The smallest absolute Gasteiger partial charge is 0.140 e. The molecule has 1 saturated carbocycles. The molecule has 0 aliphatic heterocycles. The van der Waals surface area contributed by atoms with Crippen LogP contribution in [-0.2, 0) is 0 Å². The zero-order valence-electron chi connectivity index (χ0n) is 12.3. The first kappa shape index (κ1) is 14.8. The molecule has 0 amide bonds. The van der Waals surface area contributed by atoms with Crippen LogP contribution in [0.4, 0.5) is 5.82 Å². The molecule has 0 radical (unpaired) electrons. The average Bonchev–Trinajstić information content (AvgIpc) is 2.87. The Hall–Kier alpha value is -1.62. The molecule has 0 spiro atoms. The van der Waals surface area contributed by atoms with Gasteiger partial charge in [-0.15, -0.1) is 0 Å². The first-order chi connectivity index (χ1) is 9.54. The van der Waals surface area contributed by atoms with E-state index < -0.39 is 0 Å². The SMILES string of the molecule is Cc1cc(C)c(C(=N)N)c(N(CCO)C2CCCC2)n1. The van der Waals surface area contributed by atoms with E-state index in [0.717, 1.165) is 29.9 Å². The van der Waals surface area contributed by atoms with Crippen LogP contribution in [0.25, 0.3) is 0 Å². The van der Waals surface area contributed by atoms with E-state index >= 15 is 0 Å². The van der Waals surface area contributed by atoms with E-state index in [2.05, 4.69) is 9.88 Å². The number of aryl methyl sites for hydroxylation is 2. The van der Waals surface area contributed by atoms with Crippen LogP contribution in [0.3, 0.4) is 0 Å². The second-order valence-electron chi connectivity index (χ2n) is 5.55. The van der Waals surface area contributed by atoms with Gasteiger partial charge in [-0.25, -0.2) is 4.98 Å². The predicted octanol–water partition coefficient (Wildman–Crippen LogP) is 1.72. The number of hydrogen-bond acceptors (Lipinski definition) is 4. The van der Waals surface area contributed by atoms with Gasteiger partial charge in [-0.05, 0) is 38.3 Å². The van der Waals surface area contributed by atoms with E-state index in [1.807, 2.05) is 19.9 Å². The third-order valence-corrected chi connectivity index (χ3v) is 3.97. The molecule has 1 aliphatic carbocycles. The Kier molecular flexibility index (Phi) is 4.60. The van der Waals surface area contributed by atoms with Crippen LogP contribution in [0.15, 0.2) is 6.07 Å². The number of anilines is 1. The number of rotatable bonds is 5. The number of aromatic nitrogens is 1. The Balaban J connectivity index is 2.48. The summed E-state index contributed by atoms with van der Waals surface area (Å²) in [5, 5.41) is 17.2. The summed E-state index contributed by atoms with van der Waals surface area (Å²) >= 11 is 0. The van der Waals surface area contributed by atoms with Crippen molar-refractivity contribution in [3.63, 3.8) is 0 Å². The molecular formula is C15H24N4O. The maximum atomic E-state index is 9.37. The van der Waals surface area contributed by atoms with Crippen molar-refractivity contribution >= 4 is 11.7 Å². The van der Waals surface area contributed by atoms with Gasteiger partial charge in [0.1, 0.15) is 11.7 Å². The van der Waals surface area contributed by atoms with Crippen LogP contribution >= 0.6 is 0 Å². The molecule has 2 rings (SSSR count). The van der Waals surface area contributed by atoms with Crippen molar-refractivity contribution in [2.45, 2.75) is 45.6 Å². The molecular weight excluding hydrogens is 252 g/mol. The summed E-state index contributed by atoms with van der Waals surface area (Å²) in [5.41, 5.74) is 8.35. The lowest BCUT2D eigenvalue weighted by Crippen LogP contribution is -2.38. The molecule has 0 unspecified atom stereocenters. The Bertz CT molecular complexity index is 495. The fraction of sp³-hybridized carbons (Fsp3) is 0.600. The number of aliphatic hydroxyl groups excluding tert-OH is 1. The standard InChI is InChI=1S/C15H24N4O/c1-10-9-11(2)18-15(13(10)14(16)17)19(7-8-20)12-5-3-4-6-12/h9,12,20H,3-8H2,1-2H3,(H3,16,17). The van der Waals surface area contributed by atoms with Gasteiger partial charge < -0.3 is 15.7 Å². The molecule has 5 heteroatoms. The number of hydrogen-bond donors (Lipinski definition) is 3. The topological polar surface area (TPSA) is 86.2 Å². The molecule has 0 atom stereocenters. The monoisotopic (exact) mass is 276 g/mol. The van der Waals surface area contributed by atoms with Gasteiger partial charge in [0.2, 0.25) is 0 Å². The third-order valence-electron chi connectivity index (χ3n) is 3.97. The molecule has 0 saturated heterocycles. The highest BCUT2D eigenvalue weighted by Gasteiger charge is 2.26. The van der Waals surface area contributed by atoms with Gasteiger partial charge in [-0.3, -0.25) is 5.41 Å². The third kappa shape index (κ3) is 2.93. The first-order valence-electron chi connectivity index (χ1n) is 7.24. The molecule has 1 aromatic heterocycles. The van der Waals surface area contributed by atoms with Crippen molar-refractivity contribution < 1.29 is 5.11 Å². The van der Waals surface area contributed by atoms with Gasteiger partial charge in [-0.2, -0.15) is 0 Å². The lowest BCUT2D eigenvalue weighted by molar-refractivity contribution is 0.296. The van der Waals surface area contributed by atoms with Gasteiger partial charge in [-0.1, -0.05) is 12.8 Å². The number of nitrogens with zero attached hydrogens (tertiary/aromatic N) is 2. The summed E-state index contributed by atoms with van der Waals surface area (Å²) in [7, 11) is 0. The van der Waals surface area contributed by atoms with E-state index in [9.17, 15) is 5.11 Å². The van der Waals surface area contributed by atoms with Crippen LogP contribution < -0.4 is 10.6 Å². The second-order valence-corrected chi connectivity index (χ2v) is 5.55. The fourth-order valence-corrected chi connectivity index (χ4v) is 3.14. The minimum absolute atomic E-state index is 0.0472. The van der Waals surface area contributed by atoms with Crippen molar-refractivity contribution in [3.05, 3.63) is 22.9 Å². The van der Waals surface area contributed by atoms with Crippen LogP contribution in [0.5, 0.6) is 0 Å². The zero-order chi connectivity index (χ0) is 14.7. The Morgan fingerprint density at radius 2 is 2.10 bits per heavy atom. The van der Waals surface area contributed by atoms with Crippen LogP contribution in [-0.4, -0.2) is 35.1 Å². The van der Waals surface area contributed by atoms with Crippen molar-refractivity contribution in [1.29, 1.82) is 5.41 Å². The lowest BCUT2D eigenvalue weighted by Gasteiger charge is -2.31. The van der Waals surface area contributed by atoms with Crippen molar-refractivity contribution in [3.8, 4) is 0 Å². The quantitative estimate of drug-likeness (QED) is 0.564. The maximum absolute atomic E-state index is 9.37. The van der Waals surface area contributed by atoms with Crippen molar-refractivity contribution in [1.82, 2.24) is 4.98 Å². The minimum atomic E-state index is 0.0472. The van der Waals surface area contributed by atoms with Crippen LogP contribution in [0, 0.1) is 19.3 Å². The second kappa shape index (κ2) is 6.22. The summed E-state index contributed by atoms with van der Waals surface area (Å²) in [5.74, 6) is 0.807.